The van der Waals surface area contributed by atoms with Gasteiger partial charge in [0.2, 0.25) is 0 Å². The van der Waals surface area contributed by atoms with Crippen molar-refractivity contribution >= 4 is 12.2 Å². The van der Waals surface area contributed by atoms with E-state index in [2.05, 4.69) is 4.98 Å². The van der Waals surface area contributed by atoms with Crippen LogP contribution in [-0.4, -0.2) is 27.7 Å². The Morgan fingerprint density at radius 1 is 1.15 bits per heavy atom. The van der Waals surface area contributed by atoms with Crippen LogP contribution >= 0.6 is 0 Å². The second-order valence-electron chi connectivity index (χ2n) is 6.42. The van der Waals surface area contributed by atoms with Crippen LogP contribution in [0.3, 0.4) is 0 Å². The van der Waals surface area contributed by atoms with Crippen molar-refractivity contribution in [2.24, 2.45) is 0 Å². The summed E-state index contributed by atoms with van der Waals surface area (Å²) in [6.45, 7) is 6.92. The normalized spacial score (nSPS) is 12.2. The molecule has 0 amide bonds. The maximum absolute atomic E-state index is 13.2. The summed E-state index contributed by atoms with van der Waals surface area (Å²) in [5.41, 5.74) is -0.241. The molecule has 27 heavy (non-hydrogen) atoms. The molecular formula is C19H21F3N2O3. The highest BCUT2D eigenvalue weighted by atomic mass is 19.4. The molecule has 1 aromatic carbocycles. The fraction of sp³-hybridized carbons (Fsp3) is 0.368. The van der Waals surface area contributed by atoms with Gasteiger partial charge in [0.15, 0.2) is 0 Å². The fourth-order valence-corrected chi connectivity index (χ4v) is 2.24. The highest BCUT2D eigenvalue weighted by Crippen LogP contribution is 2.35. The summed E-state index contributed by atoms with van der Waals surface area (Å²) < 4.78 is 51.4. The lowest BCUT2D eigenvalue weighted by Gasteiger charge is -2.14. The third-order valence-electron chi connectivity index (χ3n) is 3.24. The van der Waals surface area contributed by atoms with E-state index in [0.29, 0.717) is 5.69 Å². The lowest BCUT2D eigenvalue weighted by atomic mass is 10.1. The second-order valence-corrected chi connectivity index (χ2v) is 6.42. The molecule has 0 aliphatic rings. The number of esters is 1. The highest BCUT2D eigenvalue weighted by molar-refractivity contribution is 5.85. The van der Waals surface area contributed by atoms with Gasteiger partial charge in [0, 0.05) is 24.0 Å². The van der Waals surface area contributed by atoms with Crippen molar-refractivity contribution in [3.05, 3.63) is 42.4 Å². The zero-order valence-corrected chi connectivity index (χ0v) is 15.4. The first-order valence-electron chi connectivity index (χ1n) is 8.36. The van der Waals surface area contributed by atoms with Gasteiger partial charge in [-0.05, 0) is 45.9 Å². The van der Waals surface area contributed by atoms with Crippen molar-refractivity contribution in [3.63, 3.8) is 0 Å². The lowest BCUT2D eigenvalue weighted by molar-refractivity contribution is -0.141. The molecule has 0 atom stereocenters. The van der Waals surface area contributed by atoms with Gasteiger partial charge in [-0.15, -0.1) is 0 Å². The van der Waals surface area contributed by atoms with Gasteiger partial charge in [0.05, 0.1) is 29.8 Å². The molecule has 2 aromatic rings. The van der Waals surface area contributed by atoms with E-state index in [1.165, 1.54) is 35.4 Å². The van der Waals surface area contributed by atoms with Crippen molar-refractivity contribution in [2.75, 3.05) is 0 Å². The third-order valence-corrected chi connectivity index (χ3v) is 3.24. The molecule has 1 heterocycles. The van der Waals surface area contributed by atoms with E-state index in [9.17, 15) is 18.0 Å². The number of rotatable bonds is 6. The van der Waals surface area contributed by atoms with Crippen molar-refractivity contribution in [3.8, 4) is 17.0 Å². The van der Waals surface area contributed by atoms with Crippen LogP contribution in [0.15, 0.2) is 36.8 Å². The van der Waals surface area contributed by atoms with Gasteiger partial charge >= 0.3 is 12.1 Å². The number of benzene rings is 1. The summed E-state index contributed by atoms with van der Waals surface area (Å²) >= 11 is 0. The molecule has 0 saturated carbocycles. The van der Waals surface area contributed by atoms with E-state index in [0.717, 1.165) is 12.1 Å². The smallest absolute Gasteiger partial charge is 0.416 e. The summed E-state index contributed by atoms with van der Waals surface area (Å²) in [6, 6.07) is 3.47. The summed E-state index contributed by atoms with van der Waals surface area (Å²) in [4.78, 5) is 15.6. The molecule has 0 aliphatic carbocycles. The number of imidazole rings is 1. The summed E-state index contributed by atoms with van der Waals surface area (Å²) in [7, 11) is 0. The number of halogens is 3. The Labute approximate surface area is 155 Å². The van der Waals surface area contributed by atoms with E-state index in [4.69, 9.17) is 9.47 Å². The Balaban J connectivity index is 2.31. The molecule has 0 N–H and O–H groups in total. The fourth-order valence-electron chi connectivity index (χ4n) is 2.24. The molecule has 146 valence electrons. The molecule has 0 bridgehead atoms. The molecule has 0 fully saturated rings. The number of hydrogen-bond donors (Lipinski definition) is 0. The molecule has 1 aromatic heterocycles. The van der Waals surface area contributed by atoms with Crippen LogP contribution in [0.2, 0.25) is 0 Å². The third kappa shape index (κ3) is 6.16. The van der Waals surface area contributed by atoms with Gasteiger partial charge in [0.1, 0.15) is 5.75 Å². The molecule has 0 aliphatic heterocycles. The zero-order chi connectivity index (χ0) is 20.2. The highest BCUT2D eigenvalue weighted by Gasteiger charge is 2.31. The molecule has 2 rings (SSSR count). The summed E-state index contributed by atoms with van der Waals surface area (Å²) in [6.07, 6.45) is 0.504. The van der Waals surface area contributed by atoms with E-state index in [1.54, 1.807) is 27.7 Å². The predicted octanol–water partition coefficient (Wildman–Crippen LogP) is 4.78. The number of hydrogen-bond acceptors (Lipinski definition) is 4. The Bertz CT molecular complexity index is 824. The number of carbonyl (C=O) groups excluding carboxylic acids is 1. The predicted molar refractivity (Wildman–Crippen MR) is 95.0 cm³/mol. The minimum Gasteiger partial charge on any atom is -0.491 e. The zero-order valence-electron chi connectivity index (χ0n) is 15.4. The van der Waals surface area contributed by atoms with Gasteiger partial charge in [-0.1, -0.05) is 0 Å². The van der Waals surface area contributed by atoms with Crippen LogP contribution in [-0.2, 0) is 15.7 Å². The quantitative estimate of drug-likeness (QED) is 0.533. The Morgan fingerprint density at radius 3 is 2.44 bits per heavy atom. The lowest BCUT2D eigenvalue weighted by Crippen LogP contribution is -2.09. The first kappa shape index (κ1) is 20.5. The number of carbonyl (C=O) groups is 1. The maximum Gasteiger partial charge on any atom is 0.416 e. The van der Waals surface area contributed by atoms with E-state index >= 15 is 0 Å². The van der Waals surface area contributed by atoms with Crippen molar-refractivity contribution < 1.29 is 27.4 Å². The number of ether oxygens (including phenoxy) is 2. The summed E-state index contributed by atoms with van der Waals surface area (Å²) in [5.74, 6) is -0.410. The van der Waals surface area contributed by atoms with Crippen molar-refractivity contribution in [1.29, 1.82) is 0 Å². The Hall–Kier alpha value is -2.77. The molecule has 0 unspecified atom stereocenters. The maximum atomic E-state index is 13.2. The molecule has 0 radical (unpaired) electrons. The van der Waals surface area contributed by atoms with E-state index < -0.39 is 17.7 Å². The number of nitrogens with zero attached hydrogens (tertiary/aromatic N) is 2. The Morgan fingerprint density at radius 2 is 1.85 bits per heavy atom. The number of alkyl halides is 3. The van der Waals surface area contributed by atoms with Gasteiger partial charge in [-0.25, -0.2) is 9.78 Å². The molecule has 8 heteroatoms. The average molecular weight is 382 g/mol. The minimum atomic E-state index is -4.51. The Kier molecular flexibility index (Phi) is 6.30. The minimum absolute atomic E-state index is 0.112. The van der Waals surface area contributed by atoms with Crippen LogP contribution in [0.1, 0.15) is 33.3 Å². The van der Waals surface area contributed by atoms with Gasteiger partial charge in [-0.3, -0.25) is 0 Å². The van der Waals surface area contributed by atoms with Gasteiger partial charge in [0.25, 0.3) is 0 Å². The van der Waals surface area contributed by atoms with Crippen molar-refractivity contribution in [2.45, 2.75) is 46.1 Å². The molecule has 0 saturated heterocycles. The van der Waals surface area contributed by atoms with Crippen LogP contribution < -0.4 is 4.74 Å². The van der Waals surface area contributed by atoms with Crippen LogP contribution in [0.4, 0.5) is 13.2 Å². The monoisotopic (exact) mass is 382 g/mol. The molecule has 5 nitrogen and oxygen atoms in total. The SMILES string of the molecule is CC(C)OC(=O)C=Cn1cnc(-c2cc(OC(C)C)cc(C(F)(F)F)c2)c1. The average Bonchev–Trinajstić information content (AvgIpc) is 2.99. The standard InChI is InChI=1S/C19H21F3N2O3/c1-12(2)26-16-8-14(7-15(9-16)19(20,21)22)17-10-24(11-23-17)6-5-18(25)27-13(3)4/h5-13H,1-4H3. The van der Waals surface area contributed by atoms with E-state index in [1.807, 2.05) is 0 Å². The van der Waals surface area contributed by atoms with E-state index in [-0.39, 0.29) is 23.5 Å². The second kappa shape index (κ2) is 8.28. The summed E-state index contributed by atoms with van der Waals surface area (Å²) in [5, 5.41) is 0. The number of aromatic nitrogens is 2. The topological polar surface area (TPSA) is 53.4 Å². The van der Waals surface area contributed by atoms with Gasteiger partial charge in [-0.2, -0.15) is 13.2 Å². The van der Waals surface area contributed by atoms with Gasteiger partial charge < -0.3 is 14.0 Å². The van der Waals surface area contributed by atoms with Crippen molar-refractivity contribution in [1.82, 2.24) is 9.55 Å². The first-order chi connectivity index (χ1) is 12.5. The largest absolute Gasteiger partial charge is 0.491 e. The molecular weight excluding hydrogens is 361 g/mol. The first-order valence-corrected chi connectivity index (χ1v) is 8.36. The van der Waals surface area contributed by atoms with Crippen LogP contribution in [0.5, 0.6) is 5.75 Å². The van der Waals surface area contributed by atoms with Crippen LogP contribution in [0.25, 0.3) is 17.5 Å². The molecule has 0 spiro atoms. The van der Waals surface area contributed by atoms with Crippen LogP contribution in [0, 0.1) is 0 Å².